The summed E-state index contributed by atoms with van der Waals surface area (Å²) in [4.78, 5) is 32.1. The number of β-amino-alcohol motifs (C(OH)–C–C–N with tert-alkyl or cyclic N) is 1. The maximum atomic E-state index is 12.7. The summed E-state index contributed by atoms with van der Waals surface area (Å²) < 4.78 is 1.90. The normalized spacial score (nSPS) is 17.5. The smallest absolute Gasteiger partial charge is 0.236 e. The van der Waals surface area contributed by atoms with Crippen LogP contribution in [0.25, 0.3) is 16.2 Å². The zero-order valence-corrected chi connectivity index (χ0v) is 26.2. The predicted octanol–water partition coefficient (Wildman–Crippen LogP) is 3.53. The zero-order chi connectivity index (χ0) is 29.8. The lowest BCUT2D eigenvalue weighted by molar-refractivity contribution is -0.144. The van der Waals surface area contributed by atoms with E-state index in [2.05, 4.69) is 36.6 Å². The van der Waals surface area contributed by atoms with Gasteiger partial charge in [-0.05, 0) is 27.2 Å². The van der Waals surface area contributed by atoms with E-state index in [1.165, 1.54) is 11.3 Å². The molecule has 11 nitrogen and oxygen atoms in total. The molecule has 220 valence electrons. The number of anilines is 3. The number of hydrogen-bond donors (Lipinski definition) is 1. The van der Waals surface area contributed by atoms with Crippen LogP contribution in [0.4, 0.5) is 16.1 Å². The first-order valence-electron chi connectivity index (χ1n) is 14.1. The van der Waals surface area contributed by atoms with Gasteiger partial charge in [-0.25, -0.2) is 9.97 Å². The molecule has 0 radical (unpaired) electrons. The first-order valence-corrected chi connectivity index (χ1v) is 15.8. The molecule has 2 saturated heterocycles. The summed E-state index contributed by atoms with van der Waals surface area (Å²) in [6.07, 6.45) is 0.346. The number of aliphatic hydroxyl groups excluding tert-OH is 1. The number of thiazole rings is 1. The van der Waals surface area contributed by atoms with E-state index in [1.807, 2.05) is 47.7 Å². The molecule has 0 unspecified atom stereocenters. The van der Waals surface area contributed by atoms with Crippen molar-refractivity contribution in [3.8, 4) is 17.3 Å². The van der Waals surface area contributed by atoms with Crippen molar-refractivity contribution in [2.45, 2.75) is 45.8 Å². The second-order valence-electron chi connectivity index (χ2n) is 11.6. The molecule has 2 aliphatic heterocycles. The molecule has 1 amide bonds. The summed E-state index contributed by atoms with van der Waals surface area (Å²) in [7, 11) is 1.95. The minimum Gasteiger partial charge on any atom is -0.389 e. The molecule has 13 heteroatoms. The highest BCUT2D eigenvalue weighted by atomic mass is 32.1. The van der Waals surface area contributed by atoms with Crippen LogP contribution in [0.3, 0.4) is 0 Å². The van der Waals surface area contributed by atoms with Crippen LogP contribution in [0.1, 0.15) is 36.9 Å². The van der Waals surface area contributed by atoms with Crippen LogP contribution < -0.4 is 9.80 Å². The minimum absolute atomic E-state index is 0.0709. The highest BCUT2D eigenvalue weighted by Gasteiger charge is 2.38. The Kier molecular flexibility index (Phi) is 7.43. The lowest BCUT2D eigenvalue weighted by atomic mass is 9.98. The number of piperazine rings is 1. The van der Waals surface area contributed by atoms with Crippen LogP contribution in [0, 0.1) is 18.3 Å². The van der Waals surface area contributed by atoms with E-state index in [4.69, 9.17) is 15.1 Å². The summed E-state index contributed by atoms with van der Waals surface area (Å²) in [6.45, 7) is 11.9. The number of nitrogens with zero attached hydrogens (tertiary/aromatic N) is 9. The molecular formula is C29H35N9O2S2. The number of amides is 1. The molecule has 42 heavy (non-hydrogen) atoms. The van der Waals surface area contributed by atoms with Crippen LogP contribution in [-0.2, 0) is 11.2 Å². The number of carbonyl (C=O) groups excluding carboxylic acids is 1. The van der Waals surface area contributed by atoms with Gasteiger partial charge in [0, 0.05) is 50.9 Å². The van der Waals surface area contributed by atoms with Crippen molar-refractivity contribution in [3.63, 3.8) is 0 Å². The molecular weight excluding hydrogens is 571 g/mol. The topological polar surface area (TPSA) is 117 Å². The molecule has 0 spiro atoms. The lowest BCUT2D eigenvalue weighted by Crippen LogP contribution is -2.63. The maximum Gasteiger partial charge on any atom is 0.236 e. The fraction of sp³-hybridized carbons (Fsp3) is 0.483. The van der Waals surface area contributed by atoms with Gasteiger partial charge in [-0.15, -0.1) is 5.10 Å². The molecule has 1 N–H and O–H groups in total. The molecule has 4 aromatic rings. The Hall–Kier alpha value is -3.57. The van der Waals surface area contributed by atoms with E-state index in [0.29, 0.717) is 35.3 Å². The summed E-state index contributed by atoms with van der Waals surface area (Å²) in [5.41, 5.74) is 3.45. The highest BCUT2D eigenvalue weighted by Crippen LogP contribution is 2.38. The van der Waals surface area contributed by atoms with Crippen LogP contribution in [0.5, 0.6) is 0 Å². The summed E-state index contributed by atoms with van der Waals surface area (Å²) in [5.74, 6) is 0.922. The Labute approximate surface area is 253 Å². The summed E-state index contributed by atoms with van der Waals surface area (Å²) in [6, 6.07) is 10.4. The Balaban J connectivity index is 1.25. The third-order valence-corrected chi connectivity index (χ3v) is 10.1. The second kappa shape index (κ2) is 10.9. The van der Waals surface area contributed by atoms with Gasteiger partial charge in [0.2, 0.25) is 16.0 Å². The van der Waals surface area contributed by atoms with Crippen molar-refractivity contribution >= 4 is 49.6 Å². The van der Waals surface area contributed by atoms with Gasteiger partial charge in [-0.2, -0.15) is 9.78 Å². The number of aliphatic hydroxyl groups is 1. The highest BCUT2D eigenvalue weighted by molar-refractivity contribution is 7.20. The number of aryl methyl sites for hydroxylation is 2. The molecule has 0 atom stereocenters. The molecule has 6 rings (SSSR count). The summed E-state index contributed by atoms with van der Waals surface area (Å²) >= 11 is 2.93. The number of likely N-dealkylation sites (tertiary alicyclic amines) is 1. The third-order valence-electron chi connectivity index (χ3n) is 8.11. The number of rotatable bonds is 7. The molecule has 0 aliphatic carbocycles. The zero-order valence-electron chi connectivity index (χ0n) is 24.5. The van der Waals surface area contributed by atoms with Crippen molar-refractivity contribution in [3.05, 3.63) is 40.4 Å². The van der Waals surface area contributed by atoms with Gasteiger partial charge in [0.1, 0.15) is 16.6 Å². The fourth-order valence-corrected chi connectivity index (χ4v) is 7.35. The van der Waals surface area contributed by atoms with Crippen LogP contribution in [0.15, 0.2) is 24.3 Å². The Bertz CT molecular complexity index is 1660. The average molecular weight is 606 g/mol. The van der Waals surface area contributed by atoms with E-state index in [0.717, 1.165) is 58.8 Å². The Morgan fingerprint density at radius 3 is 2.57 bits per heavy atom. The SMILES string of the molecule is CCc1nc2sc(N3CCN(CC(=O)N4CC(O)C4)C(C)(C)C3)nn2c1N(C)c1nc(-c2ccc(C)cc2)c(C#N)s1. The van der Waals surface area contributed by atoms with Gasteiger partial charge in [-0.1, -0.05) is 59.4 Å². The van der Waals surface area contributed by atoms with Gasteiger partial charge < -0.3 is 19.8 Å². The van der Waals surface area contributed by atoms with Gasteiger partial charge in [0.15, 0.2) is 10.9 Å². The lowest BCUT2D eigenvalue weighted by Gasteiger charge is -2.47. The summed E-state index contributed by atoms with van der Waals surface area (Å²) in [5, 5.41) is 26.1. The number of imidazole rings is 1. The first kappa shape index (κ1) is 28.5. The van der Waals surface area contributed by atoms with Crippen molar-refractivity contribution in [1.29, 1.82) is 5.26 Å². The van der Waals surface area contributed by atoms with E-state index in [1.54, 1.807) is 16.2 Å². The van der Waals surface area contributed by atoms with Gasteiger partial charge in [0.25, 0.3) is 0 Å². The van der Waals surface area contributed by atoms with Crippen molar-refractivity contribution in [2.75, 3.05) is 56.1 Å². The molecule has 0 saturated carbocycles. The Morgan fingerprint density at radius 2 is 1.93 bits per heavy atom. The predicted molar refractivity (Wildman–Crippen MR) is 166 cm³/mol. The minimum atomic E-state index is -0.390. The number of fused-ring (bicyclic) bond motifs is 1. The maximum absolute atomic E-state index is 12.7. The molecule has 3 aromatic heterocycles. The molecule has 1 aromatic carbocycles. The molecule has 2 fully saturated rings. The Morgan fingerprint density at radius 1 is 1.19 bits per heavy atom. The standard InChI is InChI=1S/C29H35N9O2S2/c1-6-21-25(34(5)26-32-24(22(13-30)41-26)19-9-7-18(2)8-10-19)38-27(31-21)42-28(33-38)35-11-12-37(29(3,4)17-35)16-23(40)36-14-20(39)15-36/h7-10,20,39H,6,11-12,14-17H2,1-5H3. The van der Waals surface area contributed by atoms with Crippen molar-refractivity contribution < 1.29 is 9.90 Å². The fourth-order valence-electron chi connectivity index (χ4n) is 5.56. The third kappa shape index (κ3) is 5.13. The van der Waals surface area contributed by atoms with E-state index in [-0.39, 0.29) is 17.6 Å². The van der Waals surface area contributed by atoms with E-state index < -0.39 is 0 Å². The van der Waals surface area contributed by atoms with E-state index >= 15 is 0 Å². The number of carbonyl (C=O) groups is 1. The molecule has 2 aliphatic rings. The van der Waals surface area contributed by atoms with Crippen LogP contribution in [-0.4, -0.2) is 98.4 Å². The average Bonchev–Trinajstić information content (AvgIpc) is 3.65. The van der Waals surface area contributed by atoms with Crippen molar-refractivity contribution in [2.24, 2.45) is 0 Å². The number of aromatic nitrogens is 4. The second-order valence-corrected chi connectivity index (χ2v) is 13.5. The molecule has 0 bridgehead atoms. The van der Waals surface area contributed by atoms with E-state index in [9.17, 15) is 15.2 Å². The first-order chi connectivity index (χ1) is 20.1. The largest absolute Gasteiger partial charge is 0.389 e. The number of nitriles is 1. The van der Waals surface area contributed by atoms with Crippen LogP contribution in [0.2, 0.25) is 0 Å². The number of benzene rings is 1. The van der Waals surface area contributed by atoms with Gasteiger partial charge in [-0.3, -0.25) is 9.69 Å². The van der Waals surface area contributed by atoms with Gasteiger partial charge in [0.05, 0.1) is 18.3 Å². The monoisotopic (exact) mass is 605 g/mol. The van der Waals surface area contributed by atoms with Crippen LogP contribution >= 0.6 is 22.7 Å². The number of hydrogen-bond acceptors (Lipinski definition) is 11. The van der Waals surface area contributed by atoms with Gasteiger partial charge >= 0.3 is 0 Å². The molecule has 5 heterocycles. The van der Waals surface area contributed by atoms with Crippen molar-refractivity contribution in [1.82, 2.24) is 29.4 Å². The quantitative estimate of drug-likeness (QED) is 0.338.